The Labute approximate surface area is 174 Å². The fourth-order valence-electron chi connectivity index (χ4n) is 2.65. The molecule has 3 rings (SSSR count). The summed E-state index contributed by atoms with van der Waals surface area (Å²) in [7, 11) is 0. The van der Waals surface area contributed by atoms with Gasteiger partial charge in [0.1, 0.15) is 23.9 Å². The zero-order valence-electron chi connectivity index (χ0n) is 16.0. The molecule has 150 valence electrons. The highest BCUT2D eigenvalue weighted by Gasteiger charge is 2.10. The van der Waals surface area contributed by atoms with Gasteiger partial charge in [0.05, 0.1) is 6.61 Å². The predicted octanol–water partition coefficient (Wildman–Crippen LogP) is 4.35. The Morgan fingerprint density at radius 2 is 1.97 bits per heavy atom. The molecule has 0 aliphatic rings. The number of aliphatic hydroxyl groups is 1. The van der Waals surface area contributed by atoms with Crippen LogP contribution >= 0.6 is 12.2 Å². The van der Waals surface area contributed by atoms with Crippen LogP contribution in [0.4, 0.5) is 5.69 Å². The fraction of sp³-hybridized carbons (Fsp3) is 0.182. The lowest BCUT2D eigenvalue weighted by atomic mass is 10.1. The topological polar surface area (TPSA) is 83.7 Å². The lowest BCUT2D eigenvalue weighted by Gasteiger charge is -2.11. The quantitative estimate of drug-likeness (QED) is 0.502. The second-order valence-corrected chi connectivity index (χ2v) is 6.70. The van der Waals surface area contributed by atoms with E-state index in [0.717, 1.165) is 12.0 Å². The van der Waals surface area contributed by atoms with E-state index < -0.39 is 0 Å². The standard InChI is InChI=1S/C22H22N2O4S/c1-2-11-27-18-8-4-6-16(13-18)21(26)24-22(29)23-17-7-3-5-15(12-17)20-10-9-19(14-25)28-20/h3-10,12-13,25H,2,11,14H2,1H3,(H2,23,24,26,29). The molecule has 0 atom stereocenters. The van der Waals surface area contributed by atoms with Crippen LogP contribution in [-0.2, 0) is 6.61 Å². The number of hydrogen-bond donors (Lipinski definition) is 3. The van der Waals surface area contributed by atoms with Gasteiger partial charge in [-0.25, -0.2) is 0 Å². The number of aliphatic hydroxyl groups excluding tert-OH is 1. The molecule has 0 unspecified atom stereocenters. The van der Waals surface area contributed by atoms with Crippen LogP contribution in [0, 0.1) is 0 Å². The number of ether oxygens (including phenoxy) is 1. The van der Waals surface area contributed by atoms with Gasteiger partial charge in [0.2, 0.25) is 0 Å². The summed E-state index contributed by atoms with van der Waals surface area (Å²) in [6, 6.07) is 17.9. The number of furan rings is 1. The van der Waals surface area contributed by atoms with E-state index in [-0.39, 0.29) is 17.6 Å². The number of carbonyl (C=O) groups excluding carboxylic acids is 1. The Hall–Kier alpha value is -3.16. The molecule has 2 aromatic carbocycles. The Balaban J connectivity index is 1.63. The minimum Gasteiger partial charge on any atom is -0.494 e. The van der Waals surface area contributed by atoms with Crippen LogP contribution in [0.15, 0.2) is 65.1 Å². The van der Waals surface area contributed by atoms with E-state index in [1.807, 2.05) is 37.3 Å². The number of rotatable bonds is 7. The molecule has 1 amide bonds. The van der Waals surface area contributed by atoms with Crippen molar-refractivity contribution in [2.75, 3.05) is 11.9 Å². The predicted molar refractivity (Wildman–Crippen MR) is 116 cm³/mol. The van der Waals surface area contributed by atoms with E-state index in [1.54, 1.807) is 30.3 Å². The summed E-state index contributed by atoms with van der Waals surface area (Å²) in [6.07, 6.45) is 0.892. The average Bonchev–Trinajstić information content (AvgIpc) is 3.22. The van der Waals surface area contributed by atoms with Crippen LogP contribution in [0.1, 0.15) is 29.5 Å². The van der Waals surface area contributed by atoms with E-state index in [0.29, 0.717) is 35.1 Å². The molecule has 0 spiro atoms. The van der Waals surface area contributed by atoms with Crippen molar-refractivity contribution in [3.05, 3.63) is 72.0 Å². The molecule has 6 nitrogen and oxygen atoms in total. The van der Waals surface area contributed by atoms with Crippen LogP contribution in [-0.4, -0.2) is 22.7 Å². The smallest absolute Gasteiger partial charge is 0.257 e. The first-order valence-electron chi connectivity index (χ1n) is 9.24. The van der Waals surface area contributed by atoms with Crippen molar-refractivity contribution < 1.29 is 19.1 Å². The number of nitrogens with one attached hydrogen (secondary N) is 2. The highest BCUT2D eigenvalue weighted by molar-refractivity contribution is 7.80. The lowest BCUT2D eigenvalue weighted by molar-refractivity contribution is 0.0977. The Bertz CT molecular complexity index is 1000. The first kappa shape index (κ1) is 20.6. The lowest BCUT2D eigenvalue weighted by Crippen LogP contribution is -2.34. The zero-order chi connectivity index (χ0) is 20.6. The van der Waals surface area contributed by atoms with Gasteiger partial charge in [0.25, 0.3) is 5.91 Å². The molecule has 3 N–H and O–H groups in total. The van der Waals surface area contributed by atoms with Gasteiger partial charge in [-0.2, -0.15) is 0 Å². The monoisotopic (exact) mass is 410 g/mol. The van der Waals surface area contributed by atoms with Crippen LogP contribution in [0.25, 0.3) is 11.3 Å². The Kier molecular flexibility index (Phi) is 6.99. The van der Waals surface area contributed by atoms with Crippen molar-refractivity contribution in [2.24, 2.45) is 0 Å². The summed E-state index contributed by atoms with van der Waals surface area (Å²) in [6.45, 7) is 2.46. The summed E-state index contributed by atoms with van der Waals surface area (Å²) in [5.41, 5.74) is 1.99. The van der Waals surface area contributed by atoms with Crippen LogP contribution < -0.4 is 15.4 Å². The molecule has 0 saturated carbocycles. The first-order chi connectivity index (χ1) is 14.1. The minimum absolute atomic E-state index is 0.154. The maximum absolute atomic E-state index is 12.5. The number of thiocarbonyl (C=S) groups is 1. The molecular weight excluding hydrogens is 388 g/mol. The SMILES string of the molecule is CCCOc1cccc(C(=O)NC(=S)Nc2cccc(-c3ccc(CO)o3)c2)c1. The van der Waals surface area contributed by atoms with Gasteiger partial charge < -0.3 is 19.6 Å². The zero-order valence-corrected chi connectivity index (χ0v) is 16.8. The third-order valence-corrected chi connectivity index (χ3v) is 4.22. The van der Waals surface area contributed by atoms with Crippen molar-refractivity contribution >= 4 is 28.9 Å². The van der Waals surface area contributed by atoms with Gasteiger partial charge in [0, 0.05) is 16.8 Å². The molecule has 7 heteroatoms. The minimum atomic E-state index is -0.320. The van der Waals surface area contributed by atoms with Gasteiger partial charge in [-0.05, 0) is 61.1 Å². The molecule has 1 heterocycles. The highest BCUT2D eigenvalue weighted by Crippen LogP contribution is 2.25. The van der Waals surface area contributed by atoms with E-state index in [9.17, 15) is 4.79 Å². The summed E-state index contributed by atoms with van der Waals surface area (Å²) in [5.74, 6) is 1.45. The van der Waals surface area contributed by atoms with Gasteiger partial charge in [-0.15, -0.1) is 0 Å². The van der Waals surface area contributed by atoms with Crippen molar-refractivity contribution in [3.8, 4) is 17.1 Å². The van der Waals surface area contributed by atoms with Crippen molar-refractivity contribution in [3.63, 3.8) is 0 Å². The first-order valence-corrected chi connectivity index (χ1v) is 9.65. The Morgan fingerprint density at radius 1 is 1.14 bits per heavy atom. The van der Waals surface area contributed by atoms with E-state index in [4.69, 9.17) is 26.5 Å². The average molecular weight is 410 g/mol. The maximum Gasteiger partial charge on any atom is 0.257 e. The van der Waals surface area contributed by atoms with Gasteiger partial charge in [0.15, 0.2) is 5.11 Å². The molecule has 0 radical (unpaired) electrons. The summed E-state index contributed by atoms with van der Waals surface area (Å²) >= 11 is 5.27. The summed E-state index contributed by atoms with van der Waals surface area (Å²) < 4.78 is 11.1. The molecule has 0 aliphatic carbocycles. The van der Waals surface area contributed by atoms with Crippen LogP contribution in [0.2, 0.25) is 0 Å². The molecule has 29 heavy (non-hydrogen) atoms. The molecular formula is C22H22N2O4S. The molecule has 0 fully saturated rings. The normalized spacial score (nSPS) is 10.4. The third kappa shape index (κ3) is 5.66. The van der Waals surface area contributed by atoms with Gasteiger partial charge in [-0.3, -0.25) is 10.1 Å². The Morgan fingerprint density at radius 3 is 2.72 bits per heavy atom. The molecule has 3 aromatic rings. The summed E-state index contributed by atoms with van der Waals surface area (Å²) in [5, 5.41) is 15.0. The number of amides is 1. The second-order valence-electron chi connectivity index (χ2n) is 6.29. The van der Waals surface area contributed by atoms with E-state index in [1.165, 1.54) is 0 Å². The fourth-order valence-corrected chi connectivity index (χ4v) is 2.86. The van der Waals surface area contributed by atoms with Crippen LogP contribution in [0.3, 0.4) is 0 Å². The van der Waals surface area contributed by atoms with Crippen LogP contribution in [0.5, 0.6) is 5.75 Å². The van der Waals surface area contributed by atoms with Gasteiger partial charge in [-0.1, -0.05) is 25.1 Å². The molecule has 1 aromatic heterocycles. The number of hydrogen-bond acceptors (Lipinski definition) is 5. The largest absolute Gasteiger partial charge is 0.494 e. The molecule has 0 aliphatic heterocycles. The molecule has 0 saturated heterocycles. The maximum atomic E-state index is 12.5. The summed E-state index contributed by atoms with van der Waals surface area (Å²) in [4.78, 5) is 12.5. The van der Waals surface area contributed by atoms with E-state index in [2.05, 4.69) is 10.6 Å². The van der Waals surface area contributed by atoms with Gasteiger partial charge >= 0.3 is 0 Å². The van der Waals surface area contributed by atoms with E-state index >= 15 is 0 Å². The number of anilines is 1. The van der Waals surface area contributed by atoms with Crippen molar-refractivity contribution in [2.45, 2.75) is 20.0 Å². The van der Waals surface area contributed by atoms with Crippen molar-refractivity contribution in [1.29, 1.82) is 0 Å². The van der Waals surface area contributed by atoms with Crippen molar-refractivity contribution in [1.82, 2.24) is 5.32 Å². The molecule has 0 bridgehead atoms. The second kappa shape index (κ2) is 9.86. The number of carbonyl (C=O) groups is 1. The number of benzene rings is 2. The third-order valence-electron chi connectivity index (χ3n) is 4.02. The highest BCUT2D eigenvalue weighted by atomic mass is 32.1.